The van der Waals surface area contributed by atoms with Crippen LogP contribution in [0.2, 0.25) is 0 Å². The van der Waals surface area contributed by atoms with Crippen molar-refractivity contribution in [2.24, 2.45) is 0 Å². The fourth-order valence-electron chi connectivity index (χ4n) is 1.96. The van der Waals surface area contributed by atoms with E-state index in [1.54, 1.807) is 6.20 Å². The van der Waals surface area contributed by atoms with Crippen molar-refractivity contribution >= 4 is 11.4 Å². The Bertz CT molecular complexity index is 658. The summed E-state index contributed by atoms with van der Waals surface area (Å²) in [5, 5.41) is 7.07. The number of rotatable bonds is 4. The number of nitrogen functional groups attached to an aromatic ring is 1. The summed E-state index contributed by atoms with van der Waals surface area (Å²) in [6, 6.07) is 17.8. The summed E-state index contributed by atoms with van der Waals surface area (Å²) in [6.45, 7) is 0.766. The highest BCUT2D eigenvalue weighted by Gasteiger charge is 2.01. The first-order valence-corrected chi connectivity index (χ1v) is 6.41. The summed E-state index contributed by atoms with van der Waals surface area (Å²) < 4.78 is 5.12. The molecule has 0 fully saturated rings. The molecule has 3 aromatic rings. The molecule has 3 N–H and O–H groups in total. The average Bonchev–Trinajstić information content (AvgIpc) is 3.01. The summed E-state index contributed by atoms with van der Waals surface area (Å²) in [5.41, 5.74) is 9.71. The third-order valence-corrected chi connectivity index (χ3v) is 3.08. The topological polar surface area (TPSA) is 64.1 Å². The van der Waals surface area contributed by atoms with Crippen molar-refractivity contribution in [1.82, 2.24) is 5.16 Å². The molecule has 4 nitrogen and oxygen atoms in total. The number of nitrogens with two attached hydrogens (primary N) is 1. The molecule has 0 saturated heterocycles. The molecule has 0 amide bonds. The van der Waals surface area contributed by atoms with Crippen LogP contribution in [0.3, 0.4) is 0 Å². The van der Waals surface area contributed by atoms with E-state index in [0.717, 1.165) is 29.2 Å². The van der Waals surface area contributed by atoms with Crippen molar-refractivity contribution in [3.63, 3.8) is 0 Å². The van der Waals surface area contributed by atoms with Gasteiger partial charge in [0.25, 0.3) is 0 Å². The van der Waals surface area contributed by atoms with Crippen LogP contribution in [0.15, 0.2) is 65.3 Å². The lowest BCUT2D eigenvalue weighted by Gasteiger charge is -2.07. The Morgan fingerprint density at radius 1 is 0.950 bits per heavy atom. The molecule has 100 valence electrons. The zero-order valence-electron chi connectivity index (χ0n) is 10.9. The van der Waals surface area contributed by atoms with Gasteiger partial charge in [0.2, 0.25) is 0 Å². The summed E-state index contributed by atoms with van der Waals surface area (Å²) in [6.07, 6.45) is 1.64. The first kappa shape index (κ1) is 12.3. The lowest BCUT2D eigenvalue weighted by Crippen LogP contribution is -1.99. The van der Waals surface area contributed by atoms with Crippen molar-refractivity contribution in [3.05, 3.63) is 66.4 Å². The molecule has 0 saturated carbocycles. The van der Waals surface area contributed by atoms with Crippen LogP contribution >= 0.6 is 0 Å². The van der Waals surface area contributed by atoms with Crippen molar-refractivity contribution < 1.29 is 4.52 Å². The summed E-state index contributed by atoms with van der Waals surface area (Å²) in [7, 11) is 0. The van der Waals surface area contributed by atoms with Crippen LogP contribution in [0, 0.1) is 0 Å². The third-order valence-electron chi connectivity index (χ3n) is 3.08. The molecule has 0 aliphatic rings. The zero-order valence-corrected chi connectivity index (χ0v) is 10.9. The van der Waals surface area contributed by atoms with E-state index in [1.165, 1.54) is 5.56 Å². The van der Waals surface area contributed by atoms with Gasteiger partial charge in [0.15, 0.2) is 5.76 Å². The number of nitrogens with one attached hydrogen (secondary N) is 1. The van der Waals surface area contributed by atoms with Crippen molar-refractivity contribution in [3.8, 4) is 11.3 Å². The Kier molecular flexibility index (Phi) is 3.37. The fraction of sp³-hybridized carbons (Fsp3) is 0.0625. The molecule has 0 unspecified atom stereocenters. The molecule has 4 heteroatoms. The normalized spacial score (nSPS) is 10.4. The van der Waals surface area contributed by atoms with Gasteiger partial charge in [0.05, 0.1) is 6.20 Å². The minimum absolute atomic E-state index is 0.766. The molecule has 0 radical (unpaired) electrons. The minimum atomic E-state index is 0.766. The third kappa shape index (κ3) is 2.80. The minimum Gasteiger partial charge on any atom is -0.399 e. The SMILES string of the molecule is Nc1ccc(CNc2ccc(-c3ccno3)cc2)cc1. The highest BCUT2D eigenvalue weighted by atomic mass is 16.5. The largest absolute Gasteiger partial charge is 0.399 e. The van der Waals surface area contributed by atoms with Crippen molar-refractivity contribution in [1.29, 1.82) is 0 Å². The van der Waals surface area contributed by atoms with E-state index in [0.29, 0.717) is 0 Å². The van der Waals surface area contributed by atoms with Gasteiger partial charge in [-0.2, -0.15) is 0 Å². The summed E-state index contributed by atoms with van der Waals surface area (Å²) >= 11 is 0. The molecule has 0 atom stereocenters. The van der Waals surface area contributed by atoms with E-state index in [9.17, 15) is 0 Å². The van der Waals surface area contributed by atoms with Gasteiger partial charge in [-0.25, -0.2) is 0 Å². The number of nitrogens with zero attached hydrogens (tertiary/aromatic N) is 1. The van der Waals surface area contributed by atoms with Crippen LogP contribution < -0.4 is 11.1 Å². The predicted octanol–water partition coefficient (Wildman–Crippen LogP) is 3.54. The Morgan fingerprint density at radius 3 is 2.35 bits per heavy atom. The standard InChI is InChI=1S/C16H15N3O/c17-14-5-1-12(2-6-14)11-18-15-7-3-13(4-8-15)16-9-10-19-20-16/h1-10,18H,11,17H2. The van der Waals surface area contributed by atoms with Gasteiger partial charge < -0.3 is 15.6 Å². The molecule has 20 heavy (non-hydrogen) atoms. The van der Waals surface area contributed by atoms with Gasteiger partial charge in [-0.1, -0.05) is 17.3 Å². The number of hydrogen-bond acceptors (Lipinski definition) is 4. The second kappa shape index (κ2) is 5.48. The number of aromatic nitrogens is 1. The molecule has 0 bridgehead atoms. The van der Waals surface area contributed by atoms with E-state index in [2.05, 4.69) is 10.5 Å². The van der Waals surface area contributed by atoms with Crippen molar-refractivity contribution in [2.45, 2.75) is 6.54 Å². The van der Waals surface area contributed by atoms with E-state index < -0.39 is 0 Å². The molecule has 3 rings (SSSR count). The van der Waals surface area contributed by atoms with E-state index in [-0.39, 0.29) is 0 Å². The summed E-state index contributed by atoms with van der Waals surface area (Å²) in [4.78, 5) is 0. The molecule has 1 aromatic heterocycles. The van der Waals surface area contributed by atoms with Crippen LogP contribution in [-0.2, 0) is 6.54 Å². The van der Waals surface area contributed by atoms with Gasteiger partial charge in [0.1, 0.15) is 0 Å². The van der Waals surface area contributed by atoms with Crippen LogP contribution in [-0.4, -0.2) is 5.16 Å². The van der Waals surface area contributed by atoms with E-state index in [1.807, 2.05) is 54.6 Å². The van der Waals surface area contributed by atoms with E-state index in [4.69, 9.17) is 10.3 Å². The van der Waals surface area contributed by atoms with Gasteiger partial charge in [-0.15, -0.1) is 0 Å². The average molecular weight is 265 g/mol. The van der Waals surface area contributed by atoms with Gasteiger partial charge in [-0.05, 0) is 42.0 Å². The maximum absolute atomic E-state index is 5.66. The van der Waals surface area contributed by atoms with Crippen LogP contribution in [0.25, 0.3) is 11.3 Å². The van der Waals surface area contributed by atoms with E-state index >= 15 is 0 Å². The second-order valence-electron chi connectivity index (χ2n) is 4.55. The monoisotopic (exact) mass is 265 g/mol. The predicted molar refractivity (Wildman–Crippen MR) is 80.1 cm³/mol. The first-order chi connectivity index (χ1) is 9.81. The Morgan fingerprint density at radius 2 is 1.70 bits per heavy atom. The molecule has 1 heterocycles. The quantitative estimate of drug-likeness (QED) is 0.708. The van der Waals surface area contributed by atoms with Crippen molar-refractivity contribution in [2.75, 3.05) is 11.1 Å². The fourth-order valence-corrected chi connectivity index (χ4v) is 1.96. The Balaban J connectivity index is 1.65. The Labute approximate surface area is 117 Å². The first-order valence-electron chi connectivity index (χ1n) is 6.41. The zero-order chi connectivity index (χ0) is 13.8. The molecular formula is C16H15N3O. The number of benzene rings is 2. The second-order valence-corrected chi connectivity index (χ2v) is 4.55. The van der Waals surface area contributed by atoms with Gasteiger partial charge >= 0.3 is 0 Å². The number of anilines is 2. The molecule has 0 spiro atoms. The van der Waals surface area contributed by atoms with Gasteiger partial charge in [0, 0.05) is 29.5 Å². The van der Waals surface area contributed by atoms with Gasteiger partial charge in [-0.3, -0.25) is 0 Å². The smallest absolute Gasteiger partial charge is 0.166 e. The highest BCUT2D eigenvalue weighted by molar-refractivity contribution is 5.60. The van der Waals surface area contributed by atoms with Crippen LogP contribution in [0.5, 0.6) is 0 Å². The molecular weight excluding hydrogens is 250 g/mol. The highest BCUT2D eigenvalue weighted by Crippen LogP contribution is 2.21. The molecule has 2 aromatic carbocycles. The maximum Gasteiger partial charge on any atom is 0.166 e. The summed E-state index contributed by atoms with van der Waals surface area (Å²) in [5.74, 6) is 0.773. The Hall–Kier alpha value is -2.75. The molecule has 0 aliphatic carbocycles. The number of hydrogen-bond donors (Lipinski definition) is 2. The molecule has 0 aliphatic heterocycles. The van der Waals surface area contributed by atoms with Crippen LogP contribution in [0.1, 0.15) is 5.56 Å². The van der Waals surface area contributed by atoms with Crippen LogP contribution in [0.4, 0.5) is 11.4 Å². The lowest BCUT2D eigenvalue weighted by atomic mass is 10.1. The maximum atomic E-state index is 5.66. The lowest BCUT2D eigenvalue weighted by molar-refractivity contribution is 0.432.